The number of nitrogens with zero attached hydrogens (tertiary/aromatic N) is 3. The second kappa shape index (κ2) is 11.5. The SMILES string of the molecule is CC(C)OC(=O)C1=CCCN=C1N1CCN(Cc2cccc(OCc3cccc(Cl)c3)c2)CC1. The van der Waals surface area contributed by atoms with Gasteiger partial charge in [-0.2, -0.15) is 0 Å². The first-order valence-electron chi connectivity index (χ1n) is 11.9. The molecule has 2 aromatic rings. The van der Waals surface area contributed by atoms with Crippen LogP contribution in [0.1, 0.15) is 31.4 Å². The molecular formula is C27H32ClN3O3. The van der Waals surface area contributed by atoms with Gasteiger partial charge in [0.2, 0.25) is 0 Å². The molecule has 0 bridgehead atoms. The Bertz CT molecular complexity index is 1060. The van der Waals surface area contributed by atoms with Gasteiger partial charge in [0, 0.05) is 44.3 Å². The van der Waals surface area contributed by atoms with Crippen LogP contribution >= 0.6 is 11.6 Å². The van der Waals surface area contributed by atoms with Gasteiger partial charge in [0.25, 0.3) is 0 Å². The lowest BCUT2D eigenvalue weighted by molar-refractivity contribution is -0.142. The third kappa shape index (κ3) is 6.61. The van der Waals surface area contributed by atoms with Crippen molar-refractivity contribution in [1.82, 2.24) is 9.80 Å². The summed E-state index contributed by atoms with van der Waals surface area (Å²) in [6.07, 6.45) is 2.61. The lowest BCUT2D eigenvalue weighted by atomic mass is 10.1. The summed E-state index contributed by atoms with van der Waals surface area (Å²) in [5.74, 6) is 1.37. The number of piperazine rings is 1. The number of hydrogen-bond donors (Lipinski definition) is 0. The summed E-state index contributed by atoms with van der Waals surface area (Å²) in [5.41, 5.74) is 2.87. The highest BCUT2D eigenvalue weighted by atomic mass is 35.5. The molecule has 0 amide bonds. The number of rotatable bonds is 7. The lowest BCUT2D eigenvalue weighted by Gasteiger charge is -2.37. The molecule has 4 rings (SSSR count). The smallest absolute Gasteiger partial charge is 0.341 e. The van der Waals surface area contributed by atoms with Gasteiger partial charge in [0.05, 0.1) is 11.7 Å². The molecule has 1 fully saturated rings. The second-order valence-electron chi connectivity index (χ2n) is 8.90. The Morgan fingerprint density at radius 1 is 1.06 bits per heavy atom. The summed E-state index contributed by atoms with van der Waals surface area (Å²) in [6, 6.07) is 16.0. The van der Waals surface area contributed by atoms with E-state index in [-0.39, 0.29) is 12.1 Å². The van der Waals surface area contributed by atoms with E-state index in [1.165, 1.54) is 5.56 Å². The molecule has 0 N–H and O–H groups in total. The van der Waals surface area contributed by atoms with Gasteiger partial charge in [0.15, 0.2) is 0 Å². The van der Waals surface area contributed by atoms with Crippen molar-refractivity contribution in [3.8, 4) is 5.75 Å². The molecule has 0 aliphatic carbocycles. The zero-order chi connectivity index (χ0) is 23.9. The van der Waals surface area contributed by atoms with Crippen LogP contribution in [0.3, 0.4) is 0 Å². The topological polar surface area (TPSA) is 54.4 Å². The van der Waals surface area contributed by atoms with Gasteiger partial charge in [-0.15, -0.1) is 0 Å². The minimum absolute atomic E-state index is 0.140. The first-order chi connectivity index (χ1) is 16.5. The maximum absolute atomic E-state index is 12.5. The third-order valence-corrected chi connectivity index (χ3v) is 6.05. The Morgan fingerprint density at radius 2 is 1.82 bits per heavy atom. The van der Waals surface area contributed by atoms with Crippen LogP contribution in [0, 0.1) is 0 Å². The van der Waals surface area contributed by atoms with E-state index in [0.29, 0.717) is 17.2 Å². The number of carbonyl (C=O) groups excluding carboxylic acids is 1. The van der Waals surface area contributed by atoms with E-state index in [9.17, 15) is 4.79 Å². The molecule has 180 valence electrons. The predicted octanol–water partition coefficient (Wildman–Crippen LogP) is 4.72. The Kier molecular flexibility index (Phi) is 8.25. The van der Waals surface area contributed by atoms with Gasteiger partial charge in [-0.25, -0.2) is 4.79 Å². The van der Waals surface area contributed by atoms with Gasteiger partial charge < -0.3 is 14.4 Å². The van der Waals surface area contributed by atoms with Crippen LogP contribution in [0.5, 0.6) is 5.75 Å². The van der Waals surface area contributed by atoms with Gasteiger partial charge >= 0.3 is 5.97 Å². The highest BCUT2D eigenvalue weighted by Gasteiger charge is 2.28. The first-order valence-corrected chi connectivity index (χ1v) is 12.2. The van der Waals surface area contributed by atoms with E-state index in [4.69, 9.17) is 21.1 Å². The monoisotopic (exact) mass is 481 g/mol. The van der Waals surface area contributed by atoms with E-state index < -0.39 is 0 Å². The standard InChI is InChI=1S/C27H32ClN3O3/c1-20(2)34-27(32)25-10-5-11-29-26(25)31-14-12-30(13-15-31)18-21-6-4-9-24(17-21)33-19-22-7-3-8-23(28)16-22/h3-4,6-10,16-17,20H,5,11-15,18-19H2,1-2H3. The lowest BCUT2D eigenvalue weighted by Crippen LogP contribution is -2.49. The molecule has 7 heteroatoms. The van der Waals surface area contributed by atoms with Crippen molar-refractivity contribution < 1.29 is 14.3 Å². The highest BCUT2D eigenvalue weighted by Crippen LogP contribution is 2.20. The molecule has 0 unspecified atom stereocenters. The second-order valence-corrected chi connectivity index (χ2v) is 9.33. The van der Waals surface area contributed by atoms with Crippen molar-refractivity contribution in [3.63, 3.8) is 0 Å². The summed E-state index contributed by atoms with van der Waals surface area (Å²) in [5, 5.41) is 0.715. The fourth-order valence-corrected chi connectivity index (χ4v) is 4.39. The van der Waals surface area contributed by atoms with Crippen molar-refractivity contribution >= 4 is 23.4 Å². The molecule has 6 nitrogen and oxygen atoms in total. The summed E-state index contributed by atoms with van der Waals surface area (Å²) >= 11 is 6.07. The van der Waals surface area contributed by atoms with Gasteiger partial charge in [-0.05, 0) is 55.7 Å². The summed E-state index contributed by atoms with van der Waals surface area (Å²) in [4.78, 5) is 21.8. The zero-order valence-corrected chi connectivity index (χ0v) is 20.6. The Hall–Kier alpha value is -2.83. The minimum Gasteiger partial charge on any atom is -0.489 e. The summed E-state index contributed by atoms with van der Waals surface area (Å²) in [7, 11) is 0. The van der Waals surface area contributed by atoms with Crippen molar-refractivity contribution in [2.24, 2.45) is 4.99 Å². The van der Waals surface area contributed by atoms with Crippen LogP contribution in [0.25, 0.3) is 0 Å². The molecule has 0 atom stereocenters. The van der Waals surface area contributed by atoms with Crippen LogP contribution in [0.15, 0.2) is 65.2 Å². The molecule has 2 aromatic carbocycles. The quantitative estimate of drug-likeness (QED) is 0.536. The van der Waals surface area contributed by atoms with Crippen molar-refractivity contribution in [2.75, 3.05) is 32.7 Å². The minimum atomic E-state index is -0.273. The first kappa shape index (κ1) is 24.3. The Balaban J connectivity index is 1.30. The van der Waals surface area contributed by atoms with E-state index >= 15 is 0 Å². The molecule has 34 heavy (non-hydrogen) atoms. The Morgan fingerprint density at radius 3 is 2.59 bits per heavy atom. The molecule has 2 heterocycles. The fraction of sp³-hybridized carbons (Fsp3) is 0.407. The molecule has 0 aromatic heterocycles. The highest BCUT2D eigenvalue weighted by molar-refractivity contribution is 6.30. The van der Waals surface area contributed by atoms with Crippen molar-refractivity contribution in [2.45, 2.75) is 39.5 Å². The van der Waals surface area contributed by atoms with E-state index in [1.807, 2.05) is 56.3 Å². The van der Waals surface area contributed by atoms with Crippen molar-refractivity contribution in [3.05, 3.63) is 76.3 Å². The number of carbonyl (C=O) groups is 1. The van der Waals surface area contributed by atoms with Crippen LogP contribution in [-0.2, 0) is 22.7 Å². The molecule has 0 radical (unpaired) electrons. The number of dihydropyridines is 1. The van der Waals surface area contributed by atoms with E-state index in [0.717, 1.165) is 62.8 Å². The van der Waals surface area contributed by atoms with E-state index in [1.54, 1.807) is 0 Å². The maximum Gasteiger partial charge on any atom is 0.341 e. The van der Waals surface area contributed by atoms with Crippen LogP contribution < -0.4 is 4.74 Å². The summed E-state index contributed by atoms with van der Waals surface area (Å²) < 4.78 is 11.4. The Labute approximate surface area is 206 Å². The molecule has 0 spiro atoms. The largest absolute Gasteiger partial charge is 0.489 e. The number of benzene rings is 2. The number of esters is 1. The summed E-state index contributed by atoms with van der Waals surface area (Å²) in [6.45, 7) is 9.26. The van der Waals surface area contributed by atoms with Crippen LogP contribution in [0.4, 0.5) is 0 Å². The number of halogens is 1. The molecule has 0 saturated carbocycles. The number of ether oxygens (including phenoxy) is 2. The zero-order valence-electron chi connectivity index (χ0n) is 19.9. The van der Waals surface area contributed by atoms with Gasteiger partial charge in [-0.3, -0.25) is 9.89 Å². The van der Waals surface area contributed by atoms with E-state index in [2.05, 4.69) is 26.9 Å². The number of hydrogen-bond acceptors (Lipinski definition) is 6. The molecule has 1 saturated heterocycles. The molecule has 2 aliphatic rings. The van der Waals surface area contributed by atoms with Gasteiger partial charge in [-0.1, -0.05) is 41.9 Å². The molecular weight excluding hydrogens is 450 g/mol. The fourth-order valence-electron chi connectivity index (χ4n) is 4.18. The van der Waals surface area contributed by atoms with Crippen molar-refractivity contribution in [1.29, 1.82) is 0 Å². The normalized spacial score (nSPS) is 16.8. The average Bonchev–Trinajstić information content (AvgIpc) is 2.83. The molecule has 2 aliphatic heterocycles. The number of aliphatic imine (C=N–C) groups is 1. The average molecular weight is 482 g/mol. The van der Waals surface area contributed by atoms with Gasteiger partial charge in [0.1, 0.15) is 18.2 Å². The third-order valence-electron chi connectivity index (χ3n) is 5.81. The predicted molar refractivity (Wildman–Crippen MR) is 135 cm³/mol. The maximum atomic E-state index is 12.5. The van der Waals surface area contributed by atoms with Crippen LogP contribution in [-0.4, -0.2) is 60.4 Å². The van der Waals surface area contributed by atoms with Crippen LogP contribution in [0.2, 0.25) is 5.02 Å². The number of amidine groups is 1.